The molecule has 0 unspecified atom stereocenters. The van der Waals surface area contributed by atoms with Crippen molar-refractivity contribution in [2.45, 2.75) is 45.4 Å². The second-order valence-electron chi connectivity index (χ2n) is 10.6. The summed E-state index contributed by atoms with van der Waals surface area (Å²) in [6.45, 7) is 0.912. The van der Waals surface area contributed by atoms with Crippen LogP contribution in [0.2, 0.25) is 0 Å². The number of amides is 1. The van der Waals surface area contributed by atoms with E-state index in [-0.39, 0.29) is 59.4 Å². The lowest BCUT2D eigenvalue weighted by Gasteiger charge is -2.32. The van der Waals surface area contributed by atoms with E-state index in [2.05, 4.69) is 0 Å². The van der Waals surface area contributed by atoms with E-state index < -0.39 is 41.5 Å². The summed E-state index contributed by atoms with van der Waals surface area (Å²) in [6.07, 6.45) is -8.66. The van der Waals surface area contributed by atoms with E-state index in [1.54, 1.807) is 31.2 Å². The minimum Gasteiger partial charge on any atom is -0.618 e. The molecule has 226 valence electrons. The van der Waals surface area contributed by atoms with Gasteiger partial charge >= 0.3 is 17.9 Å². The monoisotopic (exact) mass is 605 g/mol. The Morgan fingerprint density at radius 2 is 1.58 bits per heavy atom. The molecule has 2 aromatic heterocycles. The largest absolute Gasteiger partial charge is 0.618 e. The van der Waals surface area contributed by atoms with Gasteiger partial charge in [0, 0.05) is 31.3 Å². The molecule has 3 heterocycles. The lowest BCUT2D eigenvalue weighted by molar-refractivity contribution is -0.577. The molecule has 1 atom stereocenters. The molecule has 1 aliphatic rings. The second-order valence-corrected chi connectivity index (χ2v) is 10.6. The van der Waals surface area contributed by atoms with E-state index in [9.17, 15) is 46.2 Å². The van der Waals surface area contributed by atoms with Crippen LogP contribution in [0.1, 0.15) is 46.1 Å². The third-order valence-corrected chi connectivity index (χ3v) is 7.50. The van der Waals surface area contributed by atoms with E-state index >= 15 is 0 Å². The van der Waals surface area contributed by atoms with Crippen LogP contribution >= 0.6 is 0 Å². The third kappa shape index (κ3) is 5.81. The van der Waals surface area contributed by atoms with Crippen LogP contribution in [0, 0.1) is 11.1 Å². The number of halogens is 6. The first-order chi connectivity index (χ1) is 20.2. The molecule has 0 aliphatic carbocycles. The molecule has 4 aromatic rings. The molecule has 7 nitrogen and oxygen atoms in total. The standard InChI is InChI=1S/C30H25F6N3O4/c1-17-8-10-38-26(24(20-6-4-18(16-40)5-7-20)23-3-2-9-39(43)25(23)28(38)42)27(41)37(14-17)15-19-11-21(29(31,32)33)13-22(12-19)30(34,35)36/h2-7,9,11-13,17,40H,8,10,14-16H2,1H3/t17-/m1/s1. The van der Waals surface area contributed by atoms with Gasteiger partial charge in [-0.25, -0.2) is 0 Å². The van der Waals surface area contributed by atoms with Crippen LogP contribution in [0.25, 0.3) is 22.0 Å². The number of benzene rings is 2. The molecule has 1 N–H and O–H groups in total. The van der Waals surface area contributed by atoms with Crippen LogP contribution in [0.5, 0.6) is 0 Å². The Balaban J connectivity index is 1.74. The Labute approximate surface area is 240 Å². The number of carbonyl (C=O) groups excluding carboxylic acids is 1. The number of aliphatic hydroxyl groups excluding tert-OH is 1. The summed E-state index contributed by atoms with van der Waals surface area (Å²) in [6, 6.07) is 10.4. The summed E-state index contributed by atoms with van der Waals surface area (Å²) in [5.74, 6) is -1.09. The minimum atomic E-state index is -5.07. The Morgan fingerprint density at radius 3 is 2.16 bits per heavy atom. The van der Waals surface area contributed by atoms with Crippen molar-refractivity contribution in [2.24, 2.45) is 5.92 Å². The number of nitrogens with zero attached hydrogens (tertiary/aromatic N) is 3. The van der Waals surface area contributed by atoms with Gasteiger partial charge < -0.3 is 15.2 Å². The molecule has 0 bridgehead atoms. The van der Waals surface area contributed by atoms with E-state index in [0.717, 1.165) is 15.7 Å². The van der Waals surface area contributed by atoms with E-state index in [1.165, 1.54) is 12.1 Å². The SMILES string of the molecule is C[C@@H]1CCn2c(c(-c3ccc(CO)cc3)c3ccc[n+]([O-])c3c2=O)C(=O)N(Cc2cc(C(F)(F)F)cc(C(F)(F)F)c2)C1. The minimum absolute atomic E-state index is 0.0120. The lowest BCUT2D eigenvalue weighted by atomic mass is 9.95. The van der Waals surface area contributed by atoms with Gasteiger partial charge in [0.15, 0.2) is 6.20 Å². The predicted octanol–water partition coefficient (Wildman–Crippen LogP) is 5.51. The highest BCUT2D eigenvalue weighted by Gasteiger charge is 2.38. The van der Waals surface area contributed by atoms with Gasteiger partial charge in [0.25, 0.3) is 11.4 Å². The fourth-order valence-corrected chi connectivity index (χ4v) is 5.41. The van der Waals surface area contributed by atoms with Crippen LogP contribution in [0.4, 0.5) is 26.3 Å². The number of carbonyl (C=O) groups is 1. The van der Waals surface area contributed by atoms with E-state index in [0.29, 0.717) is 34.4 Å². The maximum Gasteiger partial charge on any atom is 0.416 e. The van der Waals surface area contributed by atoms with Crippen LogP contribution < -0.4 is 10.3 Å². The van der Waals surface area contributed by atoms with Gasteiger partial charge in [0.05, 0.1) is 23.1 Å². The van der Waals surface area contributed by atoms with E-state index in [1.807, 2.05) is 0 Å². The average Bonchev–Trinajstić information content (AvgIpc) is 2.94. The maximum absolute atomic E-state index is 14.3. The van der Waals surface area contributed by atoms with Crippen LogP contribution in [-0.2, 0) is 32.0 Å². The third-order valence-electron chi connectivity index (χ3n) is 7.50. The fourth-order valence-electron chi connectivity index (χ4n) is 5.41. The van der Waals surface area contributed by atoms with Gasteiger partial charge in [-0.1, -0.05) is 31.2 Å². The summed E-state index contributed by atoms with van der Waals surface area (Å²) in [5, 5.41) is 22.4. The van der Waals surface area contributed by atoms with Crippen molar-refractivity contribution in [3.05, 3.63) is 104 Å². The Kier molecular flexibility index (Phi) is 7.71. The zero-order valence-electron chi connectivity index (χ0n) is 22.7. The van der Waals surface area contributed by atoms with Gasteiger partial charge in [-0.15, -0.1) is 0 Å². The predicted molar refractivity (Wildman–Crippen MR) is 143 cm³/mol. The van der Waals surface area contributed by atoms with Gasteiger partial charge in [0.1, 0.15) is 5.69 Å². The number of aliphatic hydroxyl groups is 1. The number of fused-ring (bicyclic) bond motifs is 2. The highest BCUT2D eigenvalue weighted by atomic mass is 19.4. The normalized spacial score (nSPS) is 16.2. The van der Waals surface area contributed by atoms with Gasteiger partial charge in [-0.3, -0.25) is 14.2 Å². The van der Waals surface area contributed by atoms with Gasteiger partial charge in [0.2, 0.25) is 0 Å². The van der Waals surface area contributed by atoms with Crippen molar-refractivity contribution in [1.29, 1.82) is 0 Å². The molecule has 0 saturated heterocycles. The zero-order valence-corrected chi connectivity index (χ0v) is 22.7. The topological polar surface area (TPSA) is 89.5 Å². The number of aromatic nitrogens is 2. The molecule has 0 spiro atoms. The summed E-state index contributed by atoms with van der Waals surface area (Å²) in [7, 11) is 0. The highest BCUT2D eigenvalue weighted by molar-refractivity contribution is 6.07. The van der Waals surface area contributed by atoms with Crippen LogP contribution in [-0.4, -0.2) is 27.0 Å². The molecule has 5 rings (SSSR count). The number of rotatable bonds is 4. The molecule has 43 heavy (non-hydrogen) atoms. The van der Waals surface area contributed by atoms with Crippen molar-refractivity contribution in [3.63, 3.8) is 0 Å². The molecule has 13 heteroatoms. The second kappa shape index (κ2) is 11.0. The number of hydrogen-bond donors (Lipinski definition) is 1. The smallest absolute Gasteiger partial charge is 0.416 e. The Bertz CT molecular complexity index is 1730. The lowest BCUT2D eigenvalue weighted by Crippen LogP contribution is -2.43. The molecule has 0 fully saturated rings. The molecular formula is C30H25F6N3O4. The zero-order chi connectivity index (χ0) is 31.3. The summed E-state index contributed by atoms with van der Waals surface area (Å²) < 4.78 is 82.9. The fraction of sp³-hybridized carbons (Fsp3) is 0.300. The summed E-state index contributed by atoms with van der Waals surface area (Å²) in [5.41, 5.74) is -3.35. The van der Waals surface area contributed by atoms with Crippen molar-refractivity contribution in [2.75, 3.05) is 6.54 Å². The van der Waals surface area contributed by atoms with Crippen LogP contribution in [0.3, 0.4) is 0 Å². The molecule has 0 radical (unpaired) electrons. The van der Waals surface area contributed by atoms with Gasteiger partial charge in [-0.2, -0.15) is 31.1 Å². The van der Waals surface area contributed by atoms with Crippen molar-refractivity contribution >= 4 is 16.8 Å². The Morgan fingerprint density at radius 1 is 0.953 bits per heavy atom. The van der Waals surface area contributed by atoms with Crippen molar-refractivity contribution in [3.8, 4) is 11.1 Å². The molecule has 1 amide bonds. The molecule has 2 aromatic carbocycles. The number of hydrogen-bond acceptors (Lipinski definition) is 4. The average molecular weight is 606 g/mol. The van der Waals surface area contributed by atoms with Crippen molar-refractivity contribution < 1.29 is 41.0 Å². The highest BCUT2D eigenvalue weighted by Crippen LogP contribution is 2.37. The number of alkyl halides is 6. The summed E-state index contributed by atoms with van der Waals surface area (Å²) >= 11 is 0. The first-order valence-electron chi connectivity index (χ1n) is 13.3. The van der Waals surface area contributed by atoms with E-state index in [4.69, 9.17) is 0 Å². The first kappa shape index (κ1) is 30.1. The maximum atomic E-state index is 14.3. The van der Waals surface area contributed by atoms with Gasteiger partial charge in [-0.05, 0) is 53.3 Å². The van der Waals surface area contributed by atoms with Crippen molar-refractivity contribution in [1.82, 2.24) is 9.47 Å². The Hall–Kier alpha value is -4.39. The molecule has 1 aliphatic heterocycles. The first-order valence-corrected chi connectivity index (χ1v) is 13.3. The molecular weight excluding hydrogens is 580 g/mol. The quantitative estimate of drug-likeness (QED) is 0.189. The summed E-state index contributed by atoms with van der Waals surface area (Å²) in [4.78, 5) is 29.1. The number of pyridine rings is 2. The van der Waals surface area contributed by atoms with Crippen LogP contribution in [0.15, 0.2) is 65.6 Å². The molecule has 0 saturated carbocycles.